The van der Waals surface area contributed by atoms with Gasteiger partial charge < -0.3 is 4.98 Å². The Labute approximate surface area is 158 Å². The zero-order valence-corrected chi connectivity index (χ0v) is 16.1. The van der Waals surface area contributed by atoms with Gasteiger partial charge >= 0.3 is 0 Å². The number of H-pyrrole nitrogens is 1. The van der Waals surface area contributed by atoms with Gasteiger partial charge in [-0.1, -0.05) is 18.2 Å². The Balaban J connectivity index is 1.43. The molecule has 0 amide bonds. The fourth-order valence-electron chi connectivity index (χ4n) is 3.57. The van der Waals surface area contributed by atoms with Crippen LogP contribution < -0.4 is 5.56 Å². The summed E-state index contributed by atoms with van der Waals surface area (Å²) in [6.45, 7) is 2.56. The highest BCUT2D eigenvalue weighted by Gasteiger charge is 2.29. The Morgan fingerprint density at radius 2 is 2.16 bits per heavy atom. The minimum atomic E-state index is 0.0783. The highest BCUT2D eigenvalue weighted by Crippen LogP contribution is 2.38. The van der Waals surface area contributed by atoms with Crippen molar-refractivity contribution in [3.63, 3.8) is 0 Å². The van der Waals surface area contributed by atoms with Crippen molar-refractivity contribution in [2.45, 2.75) is 38.3 Å². The number of hydrogen-bond acceptors (Lipinski definition) is 4. The Kier molecular flexibility index (Phi) is 3.80. The predicted molar refractivity (Wildman–Crippen MR) is 104 cm³/mol. The van der Waals surface area contributed by atoms with Gasteiger partial charge in [-0.3, -0.25) is 9.69 Å². The summed E-state index contributed by atoms with van der Waals surface area (Å²) in [5.41, 5.74) is 1.94. The normalized spacial score (nSPS) is 17.8. The van der Waals surface area contributed by atoms with Crippen LogP contribution in [0, 0.1) is 0 Å². The second-order valence-electron chi connectivity index (χ2n) is 6.95. The molecule has 1 saturated carbocycles. The number of benzene rings is 1. The molecule has 2 aliphatic rings. The molecule has 0 atom stereocenters. The predicted octanol–water partition coefficient (Wildman–Crippen LogP) is 4.18. The van der Waals surface area contributed by atoms with Gasteiger partial charge in [0.05, 0.1) is 5.69 Å². The number of rotatable bonds is 3. The maximum atomic E-state index is 12.3. The van der Waals surface area contributed by atoms with E-state index >= 15 is 0 Å². The van der Waals surface area contributed by atoms with E-state index in [1.165, 1.54) is 19.4 Å². The van der Waals surface area contributed by atoms with Crippen molar-refractivity contribution in [1.82, 2.24) is 14.9 Å². The van der Waals surface area contributed by atoms with Crippen LogP contribution in [0.4, 0.5) is 0 Å². The van der Waals surface area contributed by atoms with Gasteiger partial charge in [-0.05, 0) is 41.3 Å². The Morgan fingerprint density at radius 3 is 2.96 bits per heavy atom. The molecule has 0 radical (unpaired) electrons. The van der Waals surface area contributed by atoms with Crippen molar-refractivity contribution >= 4 is 37.4 Å². The maximum Gasteiger partial charge on any atom is 0.254 e. The number of nitrogens with one attached hydrogen (secondary N) is 1. The third-order valence-electron chi connectivity index (χ3n) is 5.10. The van der Waals surface area contributed by atoms with Gasteiger partial charge in [0.2, 0.25) is 0 Å². The lowest BCUT2D eigenvalue weighted by molar-refractivity contribution is 0.242. The lowest BCUT2D eigenvalue weighted by Gasteiger charge is -2.27. The van der Waals surface area contributed by atoms with Crippen LogP contribution in [0.3, 0.4) is 0 Å². The molecule has 0 spiro atoms. The third-order valence-corrected chi connectivity index (χ3v) is 7.43. The van der Waals surface area contributed by atoms with E-state index in [0.29, 0.717) is 5.92 Å². The van der Waals surface area contributed by atoms with E-state index < -0.39 is 0 Å². The number of halogens is 1. The molecule has 1 N–H and O–H groups in total. The van der Waals surface area contributed by atoms with Gasteiger partial charge in [-0.2, -0.15) is 0 Å². The molecule has 128 valence electrons. The molecular formula is C19H18BrN3OS. The molecule has 6 heteroatoms. The fourth-order valence-corrected chi connectivity index (χ4v) is 5.55. The quantitative estimate of drug-likeness (QED) is 0.697. The molecule has 3 aromatic rings. The van der Waals surface area contributed by atoms with Crippen LogP contribution in [0.5, 0.6) is 0 Å². The first-order valence-electron chi connectivity index (χ1n) is 8.69. The van der Waals surface area contributed by atoms with Gasteiger partial charge in [0, 0.05) is 50.6 Å². The highest BCUT2D eigenvalue weighted by atomic mass is 79.9. The van der Waals surface area contributed by atoms with Crippen molar-refractivity contribution < 1.29 is 0 Å². The number of aromatic amines is 1. The molecule has 1 fully saturated rings. The van der Waals surface area contributed by atoms with Gasteiger partial charge in [0.1, 0.15) is 5.82 Å². The molecule has 0 bridgehead atoms. The molecule has 1 aromatic carbocycles. The number of thiophene rings is 1. The third kappa shape index (κ3) is 2.86. The molecule has 3 heterocycles. The minimum Gasteiger partial charge on any atom is -0.310 e. The van der Waals surface area contributed by atoms with Gasteiger partial charge in [0.25, 0.3) is 5.56 Å². The van der Waals surface area contributed by atoms with E-state index in [0.717, 1.165) is 56.0 Å². The Bertz CT molecular complexity index is 1020. The topological polar surface area (TPSA) is 49.0 Å². The van der Waals surface area contributed by atoms with E-state index in [2.05, 4.69) is 50.1 Å². The summed E-state index contributed by atoms with van der Waals surface area (Å²) in [5, 5.41) is 1.28. The van der Waals surface area contributed by atoms with E-state index in [-0.39, 0.29) is 5.56 Å². The van der Waals surface area contributed by atoms with Crippen molar-refractivity contribution in [1.29, 1.82) is 0 Å². The van der Waals surface area contributed by atoms with Crippen LogP contribution in [0.2, 0.25) is 0 Å². The molecule has 5 rings (SSSR count). The zero-order valence-electron chi connectivity index (χ0n) is 13.7. The first-order chi connectivity index (χ1) is 12.2. The van der Waals surface area contributed by atoms with E-state index in [1.54, 1.807) is 0 Å². The van der Waals surface area contributed by atoms with Crippen LogP contribution in [0.25, 0.3) is 10.1 Å². The summed E-state index contributed by atoms with van der Waals surface area (Å²) in [5.74, 6) is 1.37. The van der Waals surface area contributed by atoms with Crippen molar-refractivity contribution in [2.75, 3.05) is 6.54 Å². The van der Waals surface area contributed by atoms with Gasteiger partial charge in [0.15, 0.2) is 0 Å². The summed E-state index contributed by atoms with van der Waals surface area (Å²) in [6, 6.07) is 8.49. The van der Waals surface area contributed by atoms with Gasteiger partial charge in [-0.25, -0.2) is 4.98 Å². The van der Waals surface area contributed by atoms with Crippen molar-refractivity contribution in [3.8, 4) is 0 Å². The SMILES string of the molecule is O=c1[nH]c(C2CC2)nc2c1CCN(Cc1sc3ccccc3c1Br)C2. The molecular weight excluding hydrogens is 398 g/mol. The average molecular weight is 416 g/mol. The summed E-state index contributed by atoms with van der Waals surface area (Å²) in [6.07, 6.45) is 3.09. The van der Waals surface area contributed by atoms with Crippen LogP contribution in [0.1, 0.15) is 40.7 Å². The maximum absolute atomic E-state index is 12.3. The van der Waals surface area contributed by atoms with Crippen molar-refractivity contribution in [2.24, 2.45) is 0 Å². The number of nitrogens with zero attached hydrogens (tertiary/aromatic N) is 2. The highest BCUT2D eigenvalue weighted by molar-refractivity contribution is 9.10. The lowest BCUT2D eigenvalue weighted by Crippen LogP contribution is -2.35. The first kappa shape index (κ1) is 15.7. The van der Waals surface area contributed by atoms with E-state index in [4.69, 9.17) is 4.98 Å². The molecule has 4 nitrogen and oxygen atoms in total. The molecule has 0 saturated heterocycles. The first-order valence-corrected chi connectivity index (χ1v) is 10.3. The zero-order chi connectivity index (χ0) is 17.0. The molecule has 1 aliphatic heterocycles. The molecule has 0 unspecified atom stereocenters. The fraction of sp³-hybridized carbons (Fsp3) is 0.368. The average Bonchev–Trinajstić information content (AvgIpc) is 3.41. The minimum absolute atomic E-state index is 0.0783. The monoisotopic (exact) mass is 415 g/mol. The number of hydrogen-bond donors (Lipinski definition) is 1. The number of fused-ring (bicyclic) bond motifs is 2. The Morgan fingerprint density at radius 1 is 1.32 bits per heavy atom. The summed E-state index contributed by atoms with van der Waals surface area (Å²) >= 11 is 5.62. The van der Waals surface area contributed by atoms with E-state index in [1.807, 2.05) is 11.3 Å². The summed E-state index contributed by atoms with van der Waals surface area (Å²) in [4.78, 5) is 23.9. The lowest BCUT2D eigenvalue weighted by atomic mass is 10.1. The summed E-state index contributed by atoms with van der Waals surface area (Å²) in [7, 11) is 0. The van der Waals surface area contributed by atoms with Crippen molar-refractivity contribution in [3.05, 3.63) is 61.1 Å². The molecule has 25 heavy (non-hydrogen) atoms. The Hall–Kier alpha value is -1.50. The van der Waals surface area contributed by atoms with E-state index in [9.17, 15) is 4.79 Å². The smallest absolute Gasteiger partial charge is 0.254 e. The van der Waals surface area contributed by atoms with Crippen LogP contribution in [-0.4, -0.2) is 21.4 Å². The molecule has 2 aromatic heterocycles. The van der Waals surface area contributed by atoms with Crippen LogP contribution in [0.15, 0.2) is 33.5 Å². The summed E-state index contributed by atoms with van der Waals surface area (Å²) < 4.78 is 2.52. The van der Waals surface area contributed by atoms with Crippen LogP contribution >= 0.6 is 27.3 Å². The standard InChI is InChI=1S/C19H18BrN3OS/c20-17-13-3-1-2-4-15(13)25-16(17)10-23-8-7-12-14(9-23)21-18(11-5-6-11)22-19(12)24/h1-4,11H,5-10H2,(H,21,22,24). The number of aromatic nitrogens is 2. The van der Waals surface area contributed by atoms with Crippen LogP contribution in [-0.2, 0) is 19.5 Å². The van der Waals surface area contributed by atoms with Gasteiger partial charge in [-0.15, -0.1) is 11.3 Å². The second-order valence-corrected chi connectivity index (χ2v) is 8.88. The molecule has 1 aliphatic carbocycles. The largest absolute Gasteiger partial charge is 0.310 e. The second kappa shape index (κ2) is 6.04.